The highest BCUT2D eigenvalue weighted by atomic mass is 16.5. The van der Waals surface area contributed by atoms with Gasteiger partial charge in [0.1, 0.15) is 5.75 Å². The Kier molecular flexibility index (Phi) is 1.93. The topological polar surface area (TPSA) is 41.8 Å². The fraction of sp³-hybridized carbons (Fsp3) is 0.300. The van der Waals surface area contributed by atoms with Crippen molar-refractivity contribution in [1.29, 1.82) is 0 Å². The lowest BCUT2D eigenvalue weighted by Crippen LogP contribution is -2.16. The first-order valence-electron chi connectivity index (χ1n) is 4.26. The molecule has 2 rings (SSSR count). The van der Waals surface area contributed by atoms with E-state index in [2.05, 4.69) is 5.16 Å². The largest absolute Gasteiger partial charge is 0.492 e. The molecule has 1 aliphatic heterocycles. The predicted molar refractivity (Wildman–Crippen MR) is 49.6 cm³/mol. The van der Waals surface area contributed by atoms with Crippen LogP contribution in [0.2, 0.25) is 0 Å². The molecule has 0 unspecified atom stereocenters. The molecule has 3 nitrogen and oxygen atoms in total. The van der Waals surface area contributed by atoms with Crippen molar-refractivity contribution in [3.63, 3.8) is 0 Å². The third kappa shape index (κ3) is 1.37. The molecular formula is C10H11NO2. The van der Waals surface area contributed by atoms with Crippen LogP contribution in [-0.4, -0.2) is 17.5 Å². The van der Waals surface area contributed by atoms with E-state index >= 15 is 0 Å². The predicted octanol–water partition coefficient (Wildman–Crippen LogP) is 1.96. The zero-order valence-corrected chi connectivity index (χ0v) is 7.45. The molecule has 3 heteroatoms. The highest BCUT2D eigenvalue weighted by molar-refractivity contribution is 6.03. The molecule has 68 valence electrons. The number of aryl methyl sites for hydroxylation is 1. The van der Waals surface area contributed by atoms with E-state index in [1.807, 2.05) is 25.1 Å². The van der Waals surface area contributed by atoms with Crippen molar-refractivity contribution in [3.05, 3.63) is 29.3 Å². The smallest absolute Gasteiger partial charge is 0.128 e. The molecule has 0 fully saturated rings. The second-order valence-corrected chi connectivity index (χ2v) is 3.14. The maximum absolute atomic E-state index is 8.76. The summed E-state index contributed by atoms with van der Waals surface area (Å²) in [4.78, 5) is 0. The number of oxime groups is 1. The van der Waals surface area contributed by atoms with E-state index in [9.17, 15) is 0 Å². The highest BCUT2D eigenvalue weighted by Crippen LogP contribution is 2.25. The van der Waals surface area contributed by atoms with Crippen LogP contribution in [0.4, 0.5) is 0 Å². The average Bonchev–Trinajstić information content (AvgIpc) is 2.17. The van der Waals surface area contributed by atoms with Gasteiger partial charge in [0.2, 0.25) is 0 Å². The quantitative estimate of drug-likeness (QED) is 0.486. The van der Waals surface area contributed by atoms with Crippen molar-refractivity contribution in [3.8, 4) is 5.75 Å². The Balaban J connectivity index is 2.54. The van der Waals surface area contributed by atoms with Crippen LogP contribution >= 0.6 is 0 Å². The highest BCUT2D eigenvalue weighted by Gasteiger charge is 2.16. The summed E-state index contributed by atoms with van der Waals surface area (Å²) in [5.74, 6) is 0.810. The molecule has 13 heavy (non-hydrogen) atoms. The van der Waals surface area contributed by atoms with Gasteiger partial charge in [0.25, 0.3) is 0 Å². The summed E-state index contributed by atoms with van der Waals surface area (Å²) in [7, 11) is 0. The van der Waals surface area contributed by atoms with Crippen molar-refractivity contribution in [2.24, 2.45) is 5.16 Å². The van der Waals surface area contributed by atoms with Gasteiger partial charge in [-0.2, -0.15) is 0 Å². The normalized spacial score (nSPS) is 18.1. The maximum atomic E-state index is 8.76. The van der Waals surface area contributed by atoms with E-state index < -0.39 is 0 Å². The third-order valence-electron chi connectivity index (χ3n) is 2.16. The van der Waals surface area contributed by atoms with E-state index in [0.717, 1.165) is 16.9 Å². The Morgan fingerprint density at radius 3 is 3.08 bits per heavy atom. The molecule has 0 atom stereocenters. The summed E-state index contributed by atoms with van der Waals surface area (Å²) in [6, 6.07) is 5.87. The number of hydrogen-bond donors (Lipinski definition) is 1. The molecule has 0 saturated heterocycles. The zero-order valence-electron chi connectivity index (χ0n) is 7.45. The minimum atomic E-state index is 0.593. The molecule has 1 aromatic rings. The van der Waals surface area contributed by atoms with Gasteiger partial charge in [-0.15, -0.1) is 0 Å². The second kappa shape index (κ2) is 3.09. The molecule has 0 aromatic heterocycles. The maximum Gasteiger partial charge on any atom is 0.128 e. The fourth-order valence-corrected chi connectivity index (χ4v) is 1.49. The van der Waals surface area contributed by atoms with E-state index in [0.29, 0.717) is 18.7 Å². The molecule has 1 aliphatic rings. The first-order chi connectivity index (χ1) is 6.31. The molecule has 1 aromatic carbocycles. The third-order valence-corrected chi connectivity index (χ3v) is 2.16. The Bertz CT molecular complexity index is 358. The van der Waals surface area contributed by atoms with Crippen molar-refractivity contribution >= 4 is 5.71 Å². The van der Waals surface area contributed by atoms with Crippen LogP contribution < -0.4 is 4.74 Å². The molecule has 0 radical (unpaired) electrons. The first kappa shape index (κ1) is 8.10. The Morgan fingerprint density at radius 1 is 1.46 bits per heavy atom. The lowest BCUT2D eigenvalue weighted by Gasteiger charge is -2.18. The van der Waals surface area contributed by atoms with Crippen LogP contribution in [0.25, 0.3) is 0 Å². The summed E-state index contributed by atoms with van der Waals surface area (Å²) in [6.45, 7) is 2.60. The summed E-state index contributed by atoms with van der Waals surface area (Å²) >= 11 is 0. The van der Waals surface area contributed by atoms with E-state index in [1.54, 1.807) is 0 Å². The van der Waals surface area contributed by atoms with Gasteiger partial charge in [0.05, 0.1) is 12.3 Å². The number of nitrogens with zero attached hydrogens (tertiary/aromatic N) is 1. The molecule has 0 amide bonds. The molecule has 1 N–H and O–H groups in total. The Hall–Kier alpha value is -1.51. The summed E-state index contributed by atoms with van der Waals surface area (Å²) in [5.41, 5.74) is 2.77. The summed E-state index contributed by atoms with van der Waals surface area (Å²) in [6.07, 6.45) is 0.674. The molecular weight excluding hydrogens is 166 g/mol. The van der Waals surface area contributed by atoms with Gasteiger partial charge in [-0.1, -0.05) is 16.8 Å². The van der Waals surface area contributed by atoms with E-state index in [4.69, 9.17) is 9.94 Å². The molecule has 0 bridgehead atoms. The van der Waals surface area contributed by atoms with Crippen LogP contribution in [0.15, 0.2) is 23.4 Å². The molecule has 0 spiro atoms. The van der Waals surface area contributed by atoms with Gasteiger partial charge >= 0.3 is 0 Å². The Labute approximate surface area is 76.6 Å². The standard InChI is InChI=1S/C10H11NO2/c1-7-2-3-10-8(6-7)9(11-12)4-5-13-10/h2-3,6,12H,4-5H2,1H3/b11-9-. The summed E-state index contributed by atoms with van der Waals surface area (Å²) < 4.78 is 5.42. The number of fused-ring (bicyclic) bond motifs is 1. The van der Waals surface area contributed by atoms with E-state index in [1.165, 1.54) is 0 Å². The van der Waals surface area contributed by atoms with Crippen molar-refractivity contribution in [2.45, 2.75) is 13.3 Å². The van der Waals surface area contributed by atoms with Crippen molar-refractivity contribution < 1.29 is 9.94 Å². The zero-order chi connectivity index (χ0) is 9.26. The van der Waals surface area contributed by atoms with Crippen LogP contribution in [0.3, 0.4) is 0 Å². The average molecular weight is 177 g/mol. The number of hydrogen-bond acceptors (Lipinski definition) is 3. The van der Waals surface area contributed by atoms with Crippen molar-refractivity contribution in [2.75, 3.05) is 6.61 Å². The monoisotopic (exact) mass is 177 g/mol. The van der Waals surface area contributed by atoms with Gasteiger partial charge in [-0.05, 0) is 19.1 Å². The van der Waals surface area contributed by atoms with Crippen LogP contribution in [0.5, 0.6) is 5.75 Å². The van der Waals surface area contributed by atoms with Crippen LogP contribution in [-0.2, 0) is 0 Å². The van der Waals surface area contributed by atoms with Gasteiger partial charge < -0.3 is 9.94 Å². The molecule has 0 saturated carbocycles. The minimum absolute atomic E-state index is 0.593. The molecule has 0 aliphatic carbocycles. The fourth-order valence-electron chi connectivity index (χ4n) is 1.49. The molecule has 1 heterocycles. The number of ether oxygens (including phenoxy) is 1. The number of rotatable bonds is 0. The lowest BCUT2D eigenvalue weighted by atomic mass is 10.0. The van der Waals surface area contributed by atoms with Crippen LogP contribution in [0.1, 0.15) is 17.5 Å². The van der Waals surface area contributed by atoms with Gasteiger partial charge in [-0.3, -0.25) is 0 Å². The van der Waals surface area contributed by atoms with Gasteiger partial charge in [0, 0.05) is 12.0 Å². The van der Waals surface area contributed by atoms with Gasteiger partial charge in [0.15, 0.2) is 0 Å². The first-order valence-corrected chi connectivity index (χ1v) is 4.26. The SMILES string of the molecule is Cc1ccc2c(c1)/C(=N\O)CCO2. The number of benzene rings is 1. The van der Waals surface area contributed by atoms with Crippen LogP contribution in [0, 0.1) is 6.92 Å². The second-order valence-electron chi connectivity index (χ2n) is 3.14. The van der Waals surface area contributed by atoms with E-state index in [-0.39, 0.29) is 0 Å². The van der Waals surface area contributed by atoms with Gasteiger partial charge in [-0.25, -0.2) is 0 Å². The minimum Gasteiger partial charge on any atom is -0.492 e. The Morgan fingerprint density at radius 2 is 2.31 bits per heavy atom. The van der Waals surface area contributed by atoms with Crippen molar-refractivity contribution in [1.82, 2.24) is 0 Å². The lowest BCUT2D eigenvalue weighted by molar-refractivity contribution is 0.298. The summed E-state index contributed by atoms with van der Waals surface area (Å²) in [5, 5.41) is 12.0.